The van der Waals surface area contributed by atoms with Crippen LogP contribution in [-0.4, -0.2) is 12.6 Å². The highest BCUT2D eigenvalue weighted by atomic mass is 35.5. The van der Waals surface area contributed by atoms with Gasteiger partial charge >= 0.3 is 5.97 Å². The predicted molar refractivity (Wildman–Crippen MR) is 45.6 cm³/mol. The molecular formula is C7H8Cl2O2. The van der Waals surface area contributed by atoms with Gasteiger partial charge in [-0.3, -0.25) is 0 Å². The Kier molecular flexibility index (Phi) is 4.99. The van der Waals surface area contributed by atoms with Crippen LogP contribution in [0.25, 0.3) is 0 Å². The number of halogens is 2. The zero-order chi connectivity index (χ0) is 8.85. The molecule has 11 heavy (non-hydrogen) atoms. The van der Waals surface area contributed by atoms with Gasteiger partial charge in [0.25, 0.3) is 0 Å². The van der Waals surface area contributed by atoms with Crippen LogP contribution in [0.1, 0.15) is 6.92 Å². The molecule has 62 valence electrons. The third-order valence-corrected chi connectivity index (χ3v) is 1.40. The standard InChI is InChI=1S/C7H8Cl2O2/c1-5(2)7(10)11-4-6(9)3-8/h3H,1,4H2,2H3/b6-3-. The third kappa shape index (κ3) is 4.87. The number of rotatable bonds is 3. The summed E-state index contributed by atoms with van der Waals surface area (Å²) in [6, 6.07) is 0. The van der Waals surface area contributed by atoms with E-state index in [-0.39, 0.29) is 11.6 Å². The molecule has 0 aliphatic heterocycles. The van der Waals surface area contributed by atoms with Crippen LogP contribution in [0.2, 0.25) is 0 Å². The van der Waals surface area contributed by atoms with Gasteiger partial charge in [0.1, 0.15) is 6.61 Å². The highest BCUT2D eigenvalue weighted by molar-refractivity contribution is 6.36. The van der Waals surface area contributed by atoms with Crippen LogP contribution in [0, 0.1) is 0 Å². The van der Waals surface area contributed by atoms with Crippen LogP contribution in [0.4, 0.5) is 0 Å². The van der Waals surface area contributed by atoms with Gasteiger partial charge in [-0.05, 0) is 6.92 Å². The molecule has 0 heterocycles. The maximum absolute atomic E-state index is 10.7. The van der Waals surface area contributed by atoms with Crippen molar-refractivity contribution in [1.29, 1.82) is 0 Å². The Morgan fingerprint density at radius 3 is 2.64 bits per heavy atom. The third-order valence-electron chi connectivity index (χ3n) is 0.808. The Labute approximate surface area is 75.4 Å². The molecule has 0 amide bonds. The first kappa shape index (κ1) is 10.5. The van der Waals surface area contributed by atoms with Crippen molar-refractivity contribution >= 4 is 29.2 Å². The lowest BCUT2D eigenvalue weighted by molar-refractivity contribution is -0.137. The molecule has 0 spiro atoms. The Morgan fingerprint density at radius 1 is 1.73 bits per heavy atom. The van der Waals surface area contributed by atoms with Crippen molar-refractivity contribution in [2.24, 2.45) is 0 Å². The summed E-state index contributed by atoms with van der Waals surface area (Å²) >= 11 is 10.6. The van der Waals surface area contributed by atoms with Crippen molar-refractivity contribution < 1.29 is 9.53 Å². The lowest BCUT2D eigenvalue weighted by Gasteiger charge is -2.01. The van der Waals surface area contributed by atoms with E-state index in [4.69, 9.17) is 23.2 Å². The van der Waals surface area contributed by atoms with Crippen molar-refractivity contribution in [3.05, 3.63) is 22.7 Å². The number of esters is 1. The molecule has 4 heteroatoms. The largest absolute Gasteiger partial charge is 0.457 e. The molecule has 0 N–H and O–H groups in total. The summed E-state index contributed by atoms with van der Waals surface area (Å²) in [5.74, 6) is -0.471. The number of carbonyl (C=O) groups is 1. The number of hydrogen-bond donors (Lipinski definition) is 0. The lowest BCUT2D eigenvalue weighted by Crippen LogP contribution is -2.05. The highest BCUT2D eigenvalue weighted by Gasteiger charge is 2.02. The van der Waals surface area contributed by atoms with Crippen molar-refractivity contribution in [2.45, 2.75) is 6.92 Å². The average Bonchev–Trinajstić information content (AvgIpc) is 1.99. The fraction of sp³-hybridized carbons (Fsp3) is 0.286. The Hall–Kier alpha value is -0.470. The molecule has 0 aliphatic carbocycles. The average molecular weight is 195 g/mol. The molecule has 0 saturated heterocycles. The number of hydrogen-bond acceptors (Lipinski definition) is 2. The van der Waals surface area contributed by atoms with Gasteiger partial charge < -0.3 is 4.74 Å². The van der Waals surface area contributed by atoms with Gasteiger partial charge in [-0.2, -0.15) is 0 Å². The second kappa shape index (κ2) is 5.22. The molecular weight excluding hydrogens is 187 g/mol. The smallest absolute Gasteiger partial charge is 0.333 e. The van der Waals surface area contributed by atoms with Gasteiger partial charge in [0.2, 0.25) is 0 Å². The molecule has 0 radical (unpaired) electrons. The van der Waals surface area contributed by atoms with Crippen LogP contribution in [-0.2, 0) is 9.53 Å². The van der Waals surface area contributed by atoms with Crippen LogP contribution >= 0.6 is 23.2 Å². The van der Waals surface area contributed by atoms with E-state index < -0.39 is 5.97 Å². The predicted octanol–water partition coefficient (Wildman–Crippen LogP) is 2.42. The summed E-state index contributed by atoms with van der Waals surface area (Å²) in [6.45, 7) is 4.94. The quantitative estimate of drug-likeness (QED) is 0.510. The molecule has 0 atom stereocenters. The van der Waals surface area contributed by atoms with E-state index in [9.17, 15) is 4.79 Å². The summed E-state index contributed by atoms with van der Waals surface area (Å²) in [4.78, 5) is 10.7. The van der Waals surface area contributed by atoms with E-state index >= 15 is 0 Å². The van der Waals surface area contributed by atoms with Crippen molar-refractivity contribution in [1.82, 2.24) is 0 Å². The lowest BCUT2D eigenvalue weighted by atomic mass is 10.4. The van der Waals surface area contributed by atoms with E-state index in [1.807, 2.05) is 0 Å². The summed E-state index contributed by atoms with van der Waals surface area (Å²) in [6.07, 6.45) is 0. The molecule has 0 aliphatic rings. The summed E-state index contributed by atoms with van der Waals surface area (Å²) in [5, 5.41) is 0.279. The molecule has 0 aromatic carbocycles. The molecule has 0 saturated carbocycles. The fourth-order valence-corrected chi connectivity index (χ4v) is 0.407. The number of ether oxygens (including phenoxy) is 1. The number of carbonyl (C=O) groups excluding carboxylic acids is 1. The van der Waals surface area contributed by atoms with Crippen LogP contribution in [0.3, 0.4) is 0 Å². The minimum Gasteiger partial charge on any atom is -0.457 e. The van der Waals surface area contributed by atoms with Gasteiger partial charge in [0, 0.05) is 11.1 Å². The summed E-state index contributed by atoms with van der Waals surface area (Å²) in [5.41, 5.74) is 1.48. The fourth-order valence-electron chi connectivity index (χ4n) is 0.289. The first-order chi connectivity index (χ1) is 5.07. The van der Waals surface area contributed by atoms with Gasteiger partial charge in [-0.25, -0.2) is 4.79 Å². The van der Waals surface area contributed by atoms with E-state index in [1.54, 1.807) is 6.92 Å². The van der Waals surface area contributed by atoms with Gasteiger partial charge in [0.05, 0.1) is 5.03 Å². The second-order valence-corrected chi connectivity index (χ2v) is 2.62. The molecule has 0 fully saturated rings. The zero-order valence-electron chi connectivity index (χ0n) is 6.06. The van der Waals surface area contributed by atoms with Crippen LogP contribution in [0.15, 0.2) is 22.7 Å². The van der Waals surface area contributed by atoms with E-state index in [0.717, 1.165) is 5.54 Å². The van der Waals surface area contributed by atoms with Crippen molar-refractivity contribution in [3.63, 3.8) is 0 Å². The molecule has 2 nitrogen and oxygen atoms in total. The van der Waals surface area contributed by atoms with E-state index in [2.05, 4.69) is 11.3 Å². The summed E-state index contributed by atoms with van der Waals surface area (Å²) in [7, 11) is 0. The molecule has 0 aromatic rings. The van der Waals surface area contributed by atoms with Crippen LogP contribution in [0.5, 0.6) is 0 Å². The minimum atomic E-state index is -0.471. The second-order valence-electron chi connectivity index (χ2n) is 1.91. The maximum atomic E-state index is 10.7. The summed E-state index contributed by atoms with van der Waals surface area (Å²) < 4.78 is 4.63. The molecule has 0 bridgehead atoms. The monoisotopic (exact) mass is 194 g/mol. The molecule has 0 rings (SSSR count). The van der Waals surface area contributed by atoms with Crippen LogP contribution < -0.4 is 0 Å². The van der Waals surface area contributed by atoms with Gasteiger partial charge in [-0.1, -0.05) is 29.8 Å². The maximum Gasteiger partial charge on any atom is 0.333 e. The van der Waals surface area contributed by atoms with E-state index in [0.29, 0.717) is 5.57 Å². The topological polar surface area (TPSA) is 26.3 Å². The minimum absolute atomic E-state index is 0.00323. The SMILES string of the molecule is C=C(C)C(=O)OC/C(Cl)=C/Cl. The Bertz CT molecular complexity index is 197. The van der Waals surface area contributed by atoms with Crippen molar-refractivity contribution in [3.8, 4) is 0 Å². The van der Waals surface area contributed by atoms with Crippen molar-refractivity contribution in [2.75, 3.05) is 6.61 Å². The van der Waals surface area contributed by atoms with Gasteiger partial charge in [0.15, 0.2) is 0 Å². The Morgan fingerprint density at radius 2 is 2.27 bits per heavy atom. The first-order valence-corrected chi connectivity index (χ1v) is 3.66. The first-order valence-electron chi connectivity index (χ1n) is 2.85. The highest BCUT2D eigenvalue weighted by Crippen LogP contribution is 2.04. The van der Waals surface area contributed by atoms with Gasteiger partial charge in [-0.15, -0.1) is 0 Å². The normalized spacial score (nSPS) is 11.0. The van der Waals surface area contributed by atoms with E-state index in [1.165, 1.54) is 0 Å². The molecule has 0 aromatic heterocycles. The zero-order valence-corrected chi connectivity index (χ0v) is 7.58. The Balaban J connectivity index is 3.72. The molecule has 0 unspecified atom stereocenters.